The minimum Gasteiger partial charge on any atom is -0.507 e. The number of amides is 1. The molecule has 0 saturated carbocycles. The van der Waals surface area contributed by atoms with Crippen molar-refractivity contribution >= 4 is 52.3 Å². The molecule has 158 valence electrons. The summed E-state index contributed by atoms with van der Waals surface area (Å²) in [7, 11) is 3.87. The zero-order chi connectivity index (χ0) is 22.0. The van der Waals surface area contributed by atoms with Gasteiger partial charge >= 0.3 is 0 Å². The molecule has 1 N–H and O–H groups in total. The standard InChI is InChI=1S/C22H21Cl3N2O3/c1-26(2)10-3-11-27-19(14-6-9-16(24)17(25)12-14)18(21(29)22(27)30)20(28)13-4-7-15(23)8-5-13/h4-9,12,19,28H,3,10-11H2,1-2H3/b20-18+. The molecule has 0 bridgehead atoms. The smallest absolute Gasteiger partial charge is 0.295 e. The van der Waals surface area contributed by atoms with Gasteiger partial charge in [-0.2, -0.15) is 0 Å². The van der Waals surface area contributed by atoms with E-state index < -0.39 is 17.7 Å². The highest BCUT2D eigenvalue weighted by atomic mass is 35.5. The van der Waals surface area contributed by atoms with Crippen LogP contribution in [0.1, 0.15) is 23.6 Å². The second kappa shape index (κ2) is 9.40. The van der Waals surface area contributed by atoms with Gasteiger partial charge < -0.3 is 14.9 Å². The number of hydrogen-bond acceptors (Lipinski definition) is 4. The molecule has 30 heavy (non-hydrogen) atoms. The maximum atomic E-state index is 12.9. The van der Waals surface area contributed by atoms with E-state index in [2.05, 4.69) is 0 Å². The van der Waals surface area contributed by atoms with Gasteiger partial charge in [-0.3, -0.25) is 9.59 Å². The number of benzene rings is 2. The summed E-state index contributed by atoms with van der Waals surface area (Å²) < 4.78 is 0. The van der Waals surface area contributed by atoms with Gasteiger partial charge in [-0.1, -0.05) is 40.9 Å². The van der Waals surface area contributed by atoms with E-state index >= 15 is 0 Å². The third-order valence-corrected chi connectivity index (χ3v) is 5.91. The van der Waals surface area contributed by atoms with Crippen LogP contribution < -0.4 is 0 Å². The summed E-state index contributed by atoms with van der Waals surface area (Å²) >= 11 is 18.2. The van der Waals surface area contributed by atoms with Crippen LogP contribution >= 0.6 is 34.8 Å². The van der Waals surface area contributed by atoms with Gasteiger partial charge in [-0.05, 0) is 69.0 Å². The molecule has 1 heterocycles. The predicted octanol–water partition coefficient (Wildman–Crippen LogP) is 5.02. The molecule has 1 atom stereocenters. The predicted molar refractivity (Wildman–Crippen MR) is 120 cm³/mol. The van der Waals surface area contributed by atoms with Crippen LogP contribution in [0.5, 0.6) is 0 Å². The Kier molecular flexibility index (Phi) is 7.09. The summed E-state index contributed by atoms with van der Waals surface area (Å²) in [5, 5.41) is 12.1. The Hall–Kier alpha value is -2.05. The van der Waals surface area contributed by atoms with E-state index in [0.717, 1.165) is 6.54 Å². The summed E-state index contributed by atoms with van der Waals surface area (Å²) in [6.45, 7) is 1.10. The number of aliphatic hydroxyl groups is 1. The first-order chi connectivity index (χ1) is 14.2. The topological polar surface area (TPSA) is 60.9 Å². The average Bonchev–Trinajstić information content (AvgIpc) is 2.95. The summed E-state index contributed by atoms with van der Waals surface area (Å²) in [6, 6.07) is 10.6. The molecule has 8 heteroatoms. The fraction of sp³-hybridized carbons (Fsp3) is 0.273. The van der Waals surface area contributed by atoms with Gasteiger partial charge in [0.05, 0.1) is 21.7 Å². The second-order valence-corrected chi connectivity index (χ2v) is 8.58. The molecule has 1 fully saturated rings. The SMILES string of the molecule is CN(C)CCCN1C(=O)C(=O)/C(=C(/O)c2ccc(Cl)cc2)C1c1ccc(Cl)c(Cl)c1. The van der Waals surface area contributed by atoms with Gasteiger partial charge in [0.1, 0.15) is 5.76 Å². The molecule has 5 nitrogen and oxygen atoms in total. The monoisotopic (exact) mass is 466 g/mol. The Morgan fingerprint density at radius 1 is 1.03 bits per heavy atom. The largest absolute Gasteiger partial charge is 0.507 e. The molecule has 1 unspecified atom stereocenters. The molecule has 1 amide bonds. The van der Waals surface area contributed by atoms with Gasteiger partial charge in [0.15, 0.2) is 0 Å². The quantitative estimate of drug-likeness (QED) is 0.368. The summed E-state index contributed by atoms with van der Waals surface area (Å²) in [6.07, 6.45) is 0.666. The van der Waals surface area contributed by atoms with Crippen molar-refractivity contribution in [2.24, 2.45) is 0 Å². The first-order valence-electron chi connectivity index (χ1n) is 9.34. The fourth-order valence-electron chi connectivity index (χ4n) is 3.46. The number of hydrogen-bond donors (Lipinski definition) is 1. The summed E-state index contributed by atoms with van der Waals surface area (Å²) in [5.41, 5.74) is 1.02. The average molecular weight is 468 g/mol. The third-order valence-electron chi connectivity index (χ3n) is 4.92. The van der Waals surface area contributed by atoms with Crippen molar-refractivity contribution in [2.75, 3.05) is 27.2 Å². The normalized spacial score (nSPS) is 18.5. The molecule has 3 rings (SSSR count). The fourth-order valence-corrected chi connectivity index (χ4v) is 3.89. The Morgan fingerprint density at radius 2 is 1.70 bits per heavy atom. The molecule has 1 aliphatic rings. The van der Waals surface area contributed by atoms with E-state index in [1.165, 1.54) is 4.90 Å². The van der Waals surface area contributed by atoms with Crippen molar-refractivity contribution < 1.29 is 14.7 Å². The molecular formula is C22H21Cl3N2O3. The highest BCUT2D eigenvalue weighted by Gasteiger charge is 2.45. The lowest BCUT2D eigenvalue weighted by atomic mass is 9.95. The van der Waals surface area contributed by atoms with E-state index in [1.807, 2.05) is 19.0 Å². The van der Waals surface area contributed by atoms with Crippen LogP contribution in [0, 0.1) is 0 Å². The number of ketones is 1. The van der Waals surface area contributed by atoms with Crippen molar-refractivity contribution in [3.63, 3.8) is 0 Å². The van der Waals surface area contributed by atoms with Crippen LogP contribution in [0.4, 0.5) is 0 Å². The van der Waals surface area contributed by atoms with E-state index in [4.69, 9.17) is 34.8 Å². The van der Waals surface area contributed by atoms with Crippen molar-refractivity contribution in [1.29, 1.82) is 0 Å². The van der Waals surface area contributed by atoms with Crippen LogP contribution in [0.15, 0.2) is 48.0 Å². The zero-order valence-corrected chi connectivity index (χ0v) is 18.8. The number of halogens is 3. The van der Waals surface area contributed by atoms with Gasteiger partial charge in [0.25, 0.3) is 11.7 Å². The lowest BCUT2D eigenvalue weighted by molar-refractivity contribution is -0.139. The Labute approximate surface area is 190 Å². The molecule has 0 aromatic heterocycles. The Balaban J connectivity index is 2.11. The van der Waals surface area contributed by atoms with Crippen LogP contribution in [-0.2, 0) is 9.59 Å². The first kappa shape index (κ1) is 22.6. The number of carbonyl (C=O) groups is 2. The Bertz CT molecular complexity index is 1000. The minimum atomic E-state index is -0.766. The molecule has 0 radical (unpaired) electrons. The number of aliphatic hydroxyl groups excluding tert-OH is 1. The van der Waals surface area contributed by atoms with Gasteiger partial charge in [0, 0.05) is 17.1 Å². The lowest BCUT2D eigenvalue weighted by Gasteiger charge is -2.26. The zero-order valence-electron chi connectivity index (χ0n) is 16.5. The summed E-state index contributed by atoms with van der Waals surface area (Å²) in [4.78, 5) is 29.3. The molecule has 2 aromatic rings. The molecule has 1 aliphatic heterocycles. The maximum absolute atomic E-state index is 12.9. The molecular weight excluding hydrogens is 447 g/mol. The third kappa shape index (κ3) is 4.65. The van der Waals surface area contributed by atoms with Crippen LogP contribution in [0.2, 0.25) is 15.1 Å². The van der Waals surface area contributed by atoms with E-state index in [1.54, 1.807) is 42.5 Å². The van der Waals surface area contributed by atoms with Crippen LogP contribution in [-0.4, -0.2) is 53.8 Å². The Morgan fingerprint density at radius 3 is 2.30 bits per heavy atom. The first-order valence-corrected chi connectivity index (χ1v) is 10.5. The van der Waals surface area contributed by atoms with Gasteiger partial charge in [-0.15, -0.1) is 0 Å². The van der Waals surface area contributed by atoms with Gasteiger partial charge in [-0.25, -0.2) is 0 Å². The molecule has 1 saturated heterocycles. The van der Waals surface area contributed by atoms with Crippen molar-refractivity contribution in [1.82, 2.24) is 9.80 Å². The van der Waals surface area contributed by atoms with Crippen molar-refractivity contribution in [2.45, 2.75) is 12.5 Å². The molecule has 0 aliphatic carbocycles. The van der Waals surface area contributed by atoms with Crippen molar-refractivity contribution in [3.8, 4) is 0 Å². The number of nitrogens with zero attached hydrogens (tertiary/aromatic N) is 2. The number of carbonyl (C=O) groups excluding carboxylic acids is 2. The van der Waals surface area contributed by atoms with Gasteiger partial charge in [0.2, 0.25) is 0 Å². The molecule has 0 spiro atoms. The molecule has 2 aromatic carbocycles. The van der Waals surface area contributed by atoms with Crippen molar-refractivity contribution in [3.05, 3.63) is 74.2 Å². The highest BCUT2D eigenvalue weighted by Crippen LogP contribution is 2.41. The second-order valence-electron chi connectivity index (χ2n) is 7.33. The van der Waals surface area contributed by atoms with E-state index in [-0.39, 0.29) is 11.3 Å². The van der Waals surface area contributed by atoms with Crippen LogP contribution in [0.25, 0.3) is 5.76 Å². The van der Waals surface area contributed by atoms with E-state index in [0.29, 0.717) is 39.2 Å². The summed E-state index contributed by atoms with van der Waals surface area (Å²) in [5.74, 6) is -1.64. The van der Waals surface area contributed by atoms with Crippen LogP contribution in [0.3, 0.4) is 0 Å². The van der Waals surface area contributed by atoms with E-state index in [9.17, 15) is 14.7 Å². The minimum absolute atomic E-state index is 0.0190. The maximum Gasteiger partial charge on any atom is 0.295 e. The number of likely N-dealkylation sites (tertiary alicyclic amines) is 1. The highest BCUT2D eigenvalue weighted by molar-refractivity contribution is 6.47. The number of Topliss-reactive ketones (excluding diaryl/α,β-unsaturated/α-hetero) is 1. The lowest BCUT2D eigenvalue weighted by Crippen LogP contribution is -2.32. The number of rotatable bonds is 6.